The van der Waals surface area contributed by atoms with Gasteiger partial charge in [-0.15, -0.1) is 0 Å². The zero-order valence-corrected chi connectivity index (χ0v) is 9.24. The lowest BCUT2D eigenvalue weighted by Crippen LogP contribution is -2.47. The smallest absolute Gasteiger partial charge is 0.0756 e. The third-order valence-electron chi connectivity index (χ3n) is 4.01. The molecule has 0 radical (unpaired) electrons. The molecule has 0 aromatic carbocycles. The van der Waals surface area contributed by atoms with Crippen molar-refractivity contribution in [2.24, 2.45) is 17.6 Å². The molecule has 0 aromatic heterocycles. The largest absolute Gasteiger partial charge is 0.376 e. The molecule has 1 aliphatic carbocycles. The summed E-state index contributed by atoms with van der Waals surface area (Å²) in [6.07, 6.45) is 8.16. The first kappa shape index (κ1) is 10.4. The molecule has 1 saturated heterocycles. The fraction of sp³-hybridized carbons (Fsp3) is 1.00. The second-order valence-corrected chi connectivity index (χ2v) is 5.07. The highest BCUT2D eigenvalue weighted by atomic mass is 16.5. The van der Waals surface area contributed by atoms with Crippen LogP contribution in [0.1, 0.15) is 45.4 Å². The van der Waals surface area contributed by atoms with Crippen LogP contribution in [0.15, 0.2) is 0 Å². The van der Waals surface area contributed by atoms with Gasteiger partial charge in [0.05, 0.1) is 6.10 Å². The molecule has 2 aliphatic rings. The van der Waals surface area contributed by atoms with Gasteiger partial charge in [0, 0.05) is 12.6 Å². The van der Waals surface area contributed by atoms with E-state index in [0.29, 0.717) is 12.1 Å². The molecule has 0 spiro atoms. The summed E-state index contributed by atoms with van der Waals surface area (Å²) < 4.78 is 5.88. The first-order chi connectivity index (χ1) is 6.79. The normalized spacial score (nSPS) is 45.0. The molecular weight excluding hydrogens is 174 g/mol. The third-order valence-corrected chi connectivity index (χ3v) is 4.01. The highest BCUT2D eigenvalue weighted by Crippen LogP contribution is 2.35. The Labute approximate surface area is 87.2 Å². The maximum atomic E-state index is 6.15. The van der Waals surface area contributed by atoms with Crippen molar-refractivity contribution < 1.29 is 4.74 Å². The van der Waals surface area contributed by atoms with Crippen molar-refractivity contribution in [3.8, 4) is 0 Å². The van der Waals surface area contributed by atoms with Crippen molar-refractivity contribution in [3.05, 3.63) is 0 Å². The molecule has 1 heterocycles. The summed E-state index contributed by atoms with van der Waals surface area (Å²) in [7, 11) is 0. The van der Waals surface area contributed by atoms with Gasteiger partial charge in [0.15, 0.2) is 0 Å². The van der Waals surface area contributed by atoms with Crippen LogP contribution in [0, 0.1) is 11.8 Å². The Balaban J connectivity index is 1.96. The average molecular weight is 197 g/mol. The van der Waals surface area contributed by atoms with Crippen molar-refractivity contribution in [1.82, 2.24) is 0 Å². The van der Waals surface area contributed by atoms with E-state index >= 15 is 0 Å². The molecule has 2 heteroatoms. The van der Waals surface area contributed by atoms with Crippen LogP contribution < -0.4 is 5.73 Å². The molecule has 4 unspecified atom stereocenters. The minimum atomic E-state index is 0.300. The van der Waals surface area contributed by atoms with E-state index in [9.17, 15) is 0 Å². The Kier molecular flexibility index (Phi) is 3.45. The molecule has 2 rings (SSSR count). The van der Waals surface area contributed by atoms with Crippen molar-refractivity contribution in [1.29, 1.82) is 0 Å². The predicted octanol–water partition coefficient (Wildman–Crippen LogP) is 2.32. The summed E-state index contributed by atoms with van der Waals surface area (Å²) in [5.41, 5.74) is 6.15. The lowest BCUT2D eigenvalue weighted by atomic mass is 9.74. The molecule has 4 atom stereocenters. The summed E-state index contributed by atoms with van der Waals surface area (Å²) in [6.45, 7) is 3.30. The number of ether oxygens (including phenoxy) is 1. The van der Waals surface area contributed by atoms with Crippen LogP contribution in [0.25, 0.3) is 0 Å². The van der Waals surface area contributed by atoms with Crippen molar-refractivity contribution in [2.75, 3.05) is 6.61 Å². The van der Waals surface area contributed by atoms with Gasteiger partial charge in [-0.05, 0) is 31.1 Å². The molecular formula is C12H23NO. The summed E-state index contributed by atoms with van der Waals surface area (Å²) >= 11 is 0. The second-order valence-electron chi connectivity index (χ2n) is 5.07. The van der Waals surface area contributed by atoms with Crippen LogP contribution in [0.2, 0.25) is 0 Å². The van der Waals surface area contributed by atoms with Gasteiger partial charge < -0.3 is 10.5 Å². The third kappa shape index (κ3) is 2.12. The topological polar surface area (TPSA) is 35.2 Å². The van der Waals surface area contributed by atoms with E-state index in [2.05, 4.69) is 6.92 Å². The minimum absolute atomic E-state index is 0.300. The van der Waals surface area contributed by atoms with Crippen LogP contribution in [-0.4, -0.2) is 18.8 Å². The van der Waals surface area contributed by atoms with Gasteiger partial charge in [-0.2, -0.15) is 0 Å². The van der Waals surface area contributed by atoms with Gasteiger partial charge >= 0.3 is 0 Å². The number of hydrogen-bond donors (Lipinski definition) is 1. The number of nitrogens with two attached hydrogens (primary N) is 1. The summed E-state index contributed by atoms with van der Waals surface area (Å²) in [5.74, 6) is 1.55. The quantitative estimate of drug-likeness (QED) is 0.700. The van der Waals surface area contributed by atoms with Gasteiger partial charge in [0.2, 0.25) is 0 Å². The Morgan fingerprint density at radius 3 is 2.57 bits per heavy atom. The maximum Gasteiger partial charge on any atom is 0.0756 e. The average Bonchev–Trinajstić information content (AvgIpc) is 2.20. The molecule has 2 fully saturated rings. The summed E-state index contributed by atoms with van der Waals surface area (Å²) in [4.78, 5) is 0. The number of rotatable bonds is 1. The SMILES string of the molecule is CC1CCCCC1C1OCCCC1N. The van der Waals surface area contributed by atoms with E-state index in [4.69, 9.17) is 10.5 Å². The first-order valence-electron chi connectivity index (χ1n) is 6.16. The summed E-state index contributed by atoms with van der Waals surface area (Å²) in [5, 5.41) is 0. The molecule has 0 bridgehead atoms. The molecule has 2 N–H and O–H groups in total. The van der Waals surface area contributed by atoms with Crippen LogP contribution in [0.5, 0.6) is 0 Å². The van der Waals surface area contributed by atoms with Gasteiger partial charge in [0.1, 0.15) is 0 Å². The highest BCUT2D eigenvalue weighted by molar-refractivity contribution is 4.87. The monoisotopic (exact) mass is 197 g/mol. The molecule has 0 aromatic rings. The Bertz CT molecular complexity index is 163. The Morgan fingerprint density at radius 1 is 1.07 bits per heavy atom. The Hall–Kier alpha value is -0.0800. The standard InChI is InChI=1S/C12H23NO/c1-9-5-2-3-6-10(9)12-11(13)7-4-8-14-12/h9-12H,2-8,13H2,1H3. The zero-order valence-electron chi connectivity index (χ0n) is 9.24. The highest BCUT2D eigenvalue weighted by Gasteiger charge is 2.34. The lowest BCUT2D eigenvalue weighted by molar-refractivity contribution is -0.0574. The first-order valence-corrected chi connectivity index (χ1v) is 6.16. The van der Waals surface area contributed by atoms with E-state index in [1.54, 1.807) is 0 Å². The molecule has 1 saturated carbocycles. The maximum absolute atomic E-state index is 6.15. The van der Waals surface area contributed by atoms with Crippen molar-refractivity contribution in [2.45, 2.75) is 57.6 Å². The van der Waals surface area contributed by atoms with E-state index in [-0.39, 0.29) is 0 Å². The van der Waals surface area contributed by atoms with Gasteiger partial charge in [0.25, 0.3) is 0 Å². The van der Waals surface area contributed by atoms with Gasteiger partial charge in [-0.3, -0.25) is 0 Å². The molecule has 2 nitrogen and oxygen atoms in total. The molecule has 14 heavy (non-hydrogen) atoms. The summed E-state index contributed by atoms with van der Waals surface area (Å²) in [6, 6.07) is 0.300. The molecule has 0 amide bonds. The van der Waals surface area contributed by atoms with Crippen LogP contribution in [0.3, 0.4) is 0 Å². The molecule has 1 aliphatic heterocycles. The predicted molar refractivity (Wildman–Crippen MR) is 58.1 cm³/mol. The van der Waals surface area contributed by atoms with E-state index in [1.807, 2.05) is 0 Å². The van der Waals surface area contributed by atoms with Gasteiger partial charge in [-0.25, -0.2) is 0 Å². The molecule has 82 valence electrons. The van der Waals surface area contributed by atoms with E-state index in [0.717, 1.165) is 31.3 Å². The van der Waals surface area contributed by atoms with Gasteiger partial charge in [-0.1, -0.05) is 26.2 Å². The van der Waals surface area contributed by atoms with Crippen molar-refractivity contribution >= 4 is 0 Å². The number of hydrogen-bond acceptors (Lipinski definition) is 2. The van der Waals surface area contributed by atoms with E-state index < -0.39 is 0 Å². The Morgan fingerprint density at radius 2 is 1.86 bits per heavy atom. The fourth-order valence-electron chi connectivity index (χ4n) is 3.10. The fourth-order valence-corrected chi connectivity index (χ4v) is 3.10. The second kappa shape index (κ2) is 4.63. The minimum Gasteiger partial charge on any atom is -0.376 e. The van der Waals surface area contributed by atoms with Crippen LogP contribution in [0.4, 0.5) is 0 Å². The van der Waals surface area contributed by atoms with Crippen molar-refractivity contribution in [3.63, 3.8) is 0 Å². The lowest BCUT2D eigenvalue weighted by Gasteiger charge is -2.40. The van der Waals surface area contributed by atoms with Crippen LogP contribution >= 0.6 is 0 Å². The zero-order chi connectivity index (χ0) is 9.97. The van der Waals surface area contributed by atoms with Crippen LogP contribution in [-0.2, 0) is 4.74 Å². The van der Waals surface area contributed by atoms with E-state index in [1.165, 1.54) is 25.7 Å².